The van der Waals surface area contributed by atoms with Gasteiger partial charge in [0.15, 0.2) is 0 Å². The van der Waals surface area contributed by atoms with Crippen molar-refractivity contribution in [1.82, 2.24) is 13.9 Å². The maximum absolute atomic E-state index is 13.4. The first kappa shape index (κ1) is 28.6. The van der Waals surface area contributed by atoms with Crippen molar-refractivity contribution in [3.05, 3.63) is 89.0 Å². The lowest BCUT2D eigenvalue weighted by Crippen LogP contribution is -2.40. The van der Waals surface area contributed by atoms with Crippen LogP contribution < -0.4 is 10.1 Å². The third-order valence-electron chi connectivity index (χ3n) is 5.75. The summed E-state index contributed by atoms with van der Waals surface area (Å²) in [5, 5.41) is 3.84. The predicted molar refractivity (Wildman–Crippen MR) is 151 cm³/mol. The van der Waals surface area contributed by atoms with Gasteiger partial charge in [0.25, 0.3) is 0 Å². The number of carbonyl (C=O) groups is 1. The molecule has 1 heterocycles. The largest absolute Gasteiger partial charge is 0.497 e. The second-order valence-corrected chi connectivity index (χ2v) is 11.2. The number of nitrogens with zero attached hydrogens (tertiary/aromatic N) is 3. The quantitative estimate of drug-likeness (QED) is 0.260. The minimum atomic E-state index is -4.02. The Morgan fingerprint density at radius 1 is 1.00 bits per heavy atom. The first-order valence-electron chi connectivity index (χ1n) is 11.8. The minimum absolute atomic E-state index is 0.0256. The van der Waals surface area contributed by atoms with E-state index in [2.05, 4.69) is 10.3 Å². The highest BCUT2D eigenvalue weighted by atomic mass is 35.5. The van der Waals surface area contributed by atoms with Crippen LogP contribution in [0.25, 0.3) is 16.9 Å². The normalized spacial score (nSPS) is 11.5. The van der Waals surface area contributed by atoms with Crippen molar-refractivity contribution in [2.75, 3.05) is 39.2 Å². The average Bonchev–Trinajstić information content (AvgIpc) is 3.34. The fraction of sp³-hybridized carbons (Fsp3) is 0.185. The lowest BCUT2D eigenvalue weighted by atomic mass is 10.2. The van der Waals surface area contributed by atoms with Gasteiger partial charge < -0.3 is 9.47 Å². The van der Waals surface area contributed by atoms with Crippen molar-refractivity contribution in [2.45, 2.75) is 4.90 Å². The lowest BCUT2D eigenvalue weighted by Gasteiger charge is -2.21. The molecule has 0 radical (unpaired) electrons. The number of hydrogen-bond donors (Lipinski definition) is 1. The molecule has 0 spiro atoms. The molecule has 0 saturated heterocycles. The van der Waals surface area contributed by atoms with Crippen molar-refractivity contribution >= 4 is 45.1 Å². The van der Waals surface area contributed by atoms with Gasteiger partial charge in [-0.1, -0.05) is 41.4 Å². The standard InChI is InChI=1S/C27H26Cl2N4O5S/c1-37-15-14-32(39(35,36)24-12-10-23(38-2)11-13-24)18-26(34)31-27-30-25(19-6-8-20(28)9-7-19)17-33(27)22-5-3-4-21(29)16-22/h3-13,16-17H,14-15,18H2,1-2H3,(H,30,31,34). The predicted octanol–water partition coefficient (Wildman–Crippen LogP) is 5.13. The number of benzene rings is 3. The second kappa shape index (κ2) is 12.6. The Morgan fingerprint density at radius 3 is 2.36 bits per heavy atom. The highest BCUT2D eigenvalue weighted by Gasteiger charge is 2.27. The van der Waals surface area contributed by atoms with E-state index in [1.807, 2.05) is 18.2 Å². The molecule has 0 unspecified atom stereocenters. The van der Waals surface area contributed by atoms with E-state index in [0.717, 1.165) is 9.87 Å². The van der Waals surface area contributed by atoms with Gasteiger partial charge in [0.05, 0.1) is 30.9 Å². The Hall–Kier alpha value is -3.41. The fourth-order valence-electron chi connectivity index (χ4n) is 3.75. The van der Waals surface area contributed by atoms with Gasteiger partial charge in [-0.15, -0.1) is 0 Å². The molecular formula is C27H26Cl2N4O5S. The van der Waals surface area contributed by atoms with Crippen molar-refractivity contribution in [3.8, 4) is 22.7 Å². The first-order valence-corrected chi connectivity index (χ1v) is 13.9. The van der Waals surface area contributed by atoms with E-state index in [-0.39, 0.29) is 24.0 Å². The van der Waals surface area contributed by atoms with Gasteiger partial charge in [-0.2, -0.15) is 4.31 Å². The van der Waals surface area contributed by atoms with Crippen LogP contribution in [0.2, 0.25) is 10.0 Å². The van der Waals surface area contributed by atoms with Gasteiger partial charge in [0, 0.05) is 41.1 Å². The highest BCUT2D eigenvalue weighted by molar-refractivity contribution is 7.89. The van der Waals surface area contributed by atoms with Gasteiger partial charge in [-0.3, -0.25) is 14.7 Å². The van der Waals surface area contributed by atoms with E-state index in [1.54, 1.807) is 53.2 Å². The van der Waals surface area contributed by atoms with Crippen molar-refractivity contribution < 1.29 is 22.7 Å². The van der Waals surface area contributed by atoms with Crippen LogP contribution in [0.5, 0.6) is 5.75 Å². The summed E-state index contributed by atoms with van der Waals surface area (Å²) in [6, 6.07) is 20.1. The molecule has 39 heavy (non-hydrogen) atoms. The zero-order valence-electron chi connectivity index (χ0n) is 21.2. The SMILES string of the molecule is COCCN(CC(=O)Nc1nc(-c2ccc(Cl)cc2)cn1-c1cccc(Cl)c1)S(=O)(=O)c1ccc(OC)cc1. The van der Waals surface area contributed by atoms with Gasteiger partial charge >= 0.3 is 0 Å². The highest BCUT2D eigenvalue weighted by Crippen LogP contribution is 2.27. The van der Waals surface area contributed by atoms with Crippen molar-refractivity contribution in [3.63, 3.8) is 0 Å². The van der Waals surface area contributed by atoms with Gasteiger partial charge in [0.2, 0.25) is 21.9 Å². The zero-order valence-corrected chi connectivity index (χ0v) is 23.5. The molecular weight excluding hydrogens is 563 g/mol. The summed E-state index contributed by atoms with van der Waals surface area (Å²) in [7, 11) is -1.07. The number of amides is 1. The van der Waals surface area contributed by atoms with Crippen LogP contribution in [-0.4, -0.2) is 62.1 Å². The molecule has 4 aromatic rings. The molecule has 0 fully saturated rings. The van der Waals surface area contributed by atoms with E-state index in [4.69, 9.17) is 32.7 Å². The van der Waals surface area contributed by atoms with E-state index < -0.39 is 22.5 Å². The number of carbonyl (C=O) groups excluding carboxylic acids is 1. The van der Waals surface area contributed by atoms with Crippen LogP contribution in [0.3, 0.4) is 0 Å². The summed E-state index contributed by atoms with van der Waals surface area (Å²) < 4.78 is 39.7. The number of aromatic nitrogens is 2. The molecule has 204 valence electrons. The molecule has 1 N–H and O–H groups in total. The number of anilines is 1. The summed E-state index contributed by atoms with van der Waals surface area (Å²) >= 11 is 12.2. The Morgan fingerprint density at radius 2 is 1.72 bits per heavy atom. The van der Waals surface area contributed by atoms with Crippen LogP contribution in [-0.2, 0) is 19.6 Å². The third-order valence-corrected chi connectivity index (χ3v) is 8.09. The topological polar surface area (TPSA) is 103 Å². The number of sulfonamides is 1. The Kier molecular flexibility index (Phi) is 9.26. The zero-order chi connectivity index (χ0) is 28.0. The smallest absolute Gasteiger partial charge is 0.243 e. The summed E-state index contributed by atoms with van der Waals surface area (Å²) in [4.78, 5) is 17.9. The molecule has 4 rings (SSSR count). The number of nitrogens with one attached hydrogen (secondary N) is 1. The Labute approximate surface area is 236 Å². The van der Waals surface area contributed by atoms with E-state index in [9.17, 15) is 13.2 Å². The molecule has 0 aliphatic carbocycles. The molecule has 9 nitrogen and oxygen atoms in total. The Balaban J connectivity index is 1.64. The maximum Gasteiger partial charge on any atom is 0.243 e. The fourth-order valence-corrected chi connectivity index (χ4v) is 5.44. The van der Waals surface area contributed by atoms with Gasteiger partial charge in [-0.05, 0) is 54.6 Å². The van der Waals surface area contributed by atoms with Gasteiger partial charge in [-0.25, -0.2) is 13.4 Å². The van der Waals surface area contributed by atoms with E-state index >= 15 is 0 Å². The summed E-state index contributed by atoms with van der Waals surface area (Å²) in [5.74, 6) is 0.125. The van der Waals surface area contributed by atoms with Crippen LogP contribution in [0.1, 0.15) is 0 Å². The summed E-state index contributed by atoms with van der Waals surface area (Å²) in [6.07, 6.45) is 1.75. The molecule has 0 bridgehead atoms. The van der Waals surface area contributed by atoms with Crippen molar-refractivity contribution in [2.24, 2.45) is 0 Å². The number of rotatable bonds is 11. The molecule has 1 aromatic heterocycles. The summed E-state index contributed by atoms with van der Waals surface area (Å²) in [5.41, 5.74) is 2.01. The van der Waals surface area contributed by atoms with Crippen LogP contribution in [0, 0.1) is 0 Å². The van der Waals surface area contributed by atoms with Crippen LogP contribution in [0.15, 0.2) is 83.9 Å². The van der Waals surface area contributed by atoms with E-state index in [0.29, 0.717) is 27.2 Å². The molecule has 0 aliphatic rings. The molecule has 0 saturated carbocycles. The first-order chi connectivity index (χ1) is 18.7. The van der Waals surface area contributed by atoms with Gasteiger partial charge in [0.1, 0.15) is 5.75 Å². The average molecular weight is 590 g/mol. The number of ether oxygens (including phenoxy) is 2. The van der Waals surface area contributed by atoms with Crippen LogP contribution >= 0.6 is 23.2 Å². The Bertz CT molecular complexity index is 1540. The third kappa shape index (κ3) is 6.97. The second-order valence-electron chi connectivity index (χ2n) is 8.36. The molecule has 0 aliphatic heterocycles. The number of methoxy groups -OCH3 is 2. The molecule has 3 aromatic carbocycles. The molecule has 1 amide bonds. The van der Waals surface area contributed by atoms with Crippen LogP contribution in [0.4, 0.5) is 5.95 Å². The number of hydrogen-bond acceptors (Lipinski definition) is 6. The monoisotopic (exact) mass is 588 g/mol. The summed E-state index contributed by atoms with van der Waals surface area (Å²) in [6.45, 7) is -0.395. The maximum atomic E-state index is 13.4. The number of halogens is 2. The molecule has 0 atom stereocenters. The van der Waals surface area contributed by atoms with Crippen molar-refractivity contribution in [1.29, 1.82) is 0 Å². The molecule has 12 heteroatoms. The number of imidazole rings is 1. The lowest BCUT2D eigenvalue weighted by molar-refractivity contribution is -0.116. The van der Waals surface area contributed by atoms with E-state index in [1.165, 1.54) is 26.4 Å². The minimum Gasteiger partial charge on any atom is -0.497 e.